The summed E-state index contributed by atoms with van der Waals surface area (Å²) in [5.74, 6) is 1.20. The molecule has 134 valence electrons. The quantitative estimate of drug-likeness (QED) is 0.633. The first-order valence-electron chi connectivity index (χ1n) is 8.16. The van der Waals surface area contributed by atoms with Crippen molar-refractivity contribution < 1.29 is 13.9 Å². The molecule has 3 rings (SSSR count). The van der Waals surface area contributed by atoms with Gasteiger partial charge in [-0.05, 0) is 48.1 Å². The third-order valence-electron chi connectivity index (χ3n) is 4.05. The first-order valence-corrected chi connectivity index (χ1v) is 9.04. The first-order chi connectivity index (χ1) is 12.2. The molecule has 0 amide bonds. The number of ether oxygens (including phenoxy) is 2. The van der Waals surface area contributed by atoms with E-state index in [9.17, 15) is 4.39 Å². The summed E-state index contributed by atoms with van der Waals surface area (Å²) in [7, 11) is 1.74. The van der Waals surface area contributed by atoms with Gasteiger partial charge in [0.05, 0.1) is 13.2 Å². The molecule has 2 heterocycles. The highest BCUT2D eigenvalue weighted by molar-refractivity contribution is 7.10. The molecule has 1 aliphatic heterocycles. The summed E-state index contributed by atoms with van der Waals surface area (Å²) in [4.78, 5) is 5.51. The van der Waals surface area contributed by atoms with Crippen molar-refractivity contribution in [2.24, 2.45) is 4.99 Å². The second kappa shape index (κ2) is 8.31. The predicted molar refractivity (Wildman–Crippen MR) is 97.6 cm³/mol. The fraction of sp³-hybridized carbons (Fsp3) is 0.389. The number of nitrogens with one attached hydrogen (secondary N) is 2. The van der Waals surface area contributed by atoms with Crippen molar-refractivity contribution in [2.75, 3.05) is 20.4 Å². The SMILES string of the molecule is CN=C(NCCc1cc(F)cc2c1OCOC2)NCc1sccc1C. The van der Waals surface area contributed by atoms with Gasteiger partial charge in [0.15, 0.2) is 12.8 Å². The van der Waals surface area contributed by atoms with E-state index in [-0.39, 0.29) is 12.6 Å². The number of hydrogen-bond acceptors (Lipinski definition) is 4. The van der Waals surface area contributed by atoms with Gasteiger partial charge in [0, 0.05) is 24.0 Å². The molecule has 0 aliphatic carbocycles. The van der Waals surface area contributed by atoms with Crippen LogP contribution in [0.25, 0.3) is 0 Å². The standard InChI is InChI=1S/C18H22FN3O2S/c1-12-4-6-25-16(12)9-22-18(20-2)21-5-3-13-7-15(19)8-14-10-23-11-24-17(13)14/h4,6-8H,3,5,9-11H2,1-2H3,(H2,20,21,22). The van der Waals surface area contributed by atoms with E-state index < -0.39 is 0 Å². The Morgan fingerprint density at radius 2 is 2.24 bits per heavy atom. The van der Waals surface area contributed by atoms with Crippen LogP contribution in [-0.2, 0) is 24.3 Å². The van der Waals surface area contributed by atoms with Crippen molar-refractivity contribution in [3.8, 4) is 5.75 Å². The smallest absolute Gasteiger partial charge is 0.191 e. The summed E-state index contributed by atoms with van der Waals surface area (Å²) in [5.41, 5.74) is 2.88. The Labute approximate surface area is 150 Å². The minimum atomic E-state index is -0.265. The van der Waals surface area contributed by atoms with Gasteiger partial charge in [-0.25, -0.2) is 4.39 Å². The zero-order valence-corrected chi connectivity index (χ0v) is 15.2. The zero-order valence-electron chi connectivity index (χ0n) is 14.4. The maximum absolute atomic E-state index is 13.8. The molecule has 1 aromatic heterocycles. The van der Waals surface area contributed by atoms with Crippen LogP contribution >= 0.6 is 11.3 Å². The molecule has 0 saturated carbocycles. The Kier molecular flexibility index (Phi) is 5.88. The molecule has 7 heteroatoms. The highest BCUT2D eigenvalue weighted by atomic mass is 32.1. The van der Waals surface area contributed by atoms with Gasteiger partial charge in [-0.15, -0.1) is 11.3 Å². The van der Waals surface area contributed by atoms with Gasteiger partial charge in [0.1, 0.15) is 11.6 Å². The minimum absolute atomic E-state index is 0.211. The molecule has 0 atom stereocenters. The molecule has 1 aromatic carbocycles. The van der Waals surface area contributed by atoms with Crippen LogP contribution in [-0.4, -0.2) is 26.3 Å². The fourth-order valence-corrected chi connectivity index (χ4v) is 3.57. The molecule has 2 aromatic rings. The maximum Gasteiger partial charge on any atom is 0.191 e. The number of halogens is 1. The van der Waals surface area contributed by atoms with Crippen LogP contribution in [0.5, 0.6) is 5.75 Å². The van der Waals surface area contributed by atoms with Crippen LogP contribution in [0.2, 0.25) is 0 Å². The Morgan fingerprint density at radius 3 is 3.00 bits per heavy atom. The molecule has 0 fully saturated rings. The van der Waals surface area contributed by atoms with E-state index in [2.05, 4.69) is 34.0 Å². The topological polar surface area (TPSA) is 54.9 Å². The Balaban J connectivity index is 1.55. The lowest BCUT2D eigenvalue weighted by atomic mass is 10.1. The normalized spacial score (nSPS) is 14.0. The number of nitrogens with zero attached hydrogens (tertiary/aromatic N) is 1. The second-order valence-corrected chi connectivity index (χ2v) is 6.79. The van der Waals surface area contributed by atoms with E-state index in [1.807, 2.05) is 0 Å². The van der Waals surface area contributed by atoms with Crippen molar-refractivity contribution >= 4 is 17.3 Å². The number of rotatable bonds is 5. The zero-order chi connectivity index (χ0) is 17.6. The lowest BCUT2D eigenvalue weighted by molar-refractivity contribution is -0.0172. The van der Waals surface area contributed by atoms with Crippen molar-refractivity contribution in [3.63, 3.8) is 0 Å². The molecule has 25 heavy (non-hydrogen) atoms. The first kappa shape index (κ1) is 17.7. The summed E-state index contributed by atoms with van der Waals surface area (Å²) < 4.78 is 24.5. The average molecular weight is 363 g/mol. The second-order valence-electron chi connectivity index (χ2n) is 5.79. The van der Waals surface area contributed by atoms with Gasteiger partial charge in [0.2, 0.25) is 0 Å². The fourth-order valence-electron chi connectivity index (χ4n) is 2.73. The molecule has 0 spiro atoms. The molecule has 0 bridgehead atoms. The summed E-state index contributed by atoms with van der Waals surface area (Å²) >= 11 is 1.72. The number of thiophene rings is 1. The van der Waals surface area contributed by atoms with E-state index in [0.29, 0.717) is 19.6 Å². The molecule has 0 unspecified atom stereocenters. The summed E-state index contributed by atoms with van der Waals surface area (Å²) in [6, 6.07) is 5.10. The number of guanidine groups is 1. The van der Waals surface area contributed by atoms with Gasteiger partial charge in [-0.1, -0.05) is 0 Å². The van der Waals surface area contributed by atoms with Gasteiger partial charge in [0.25, 0.3) is 0 Å². The number of fused-ring (bicyclic) bond motifs is 1. The third kappa shape index (κ3) is 4.49. The molecule has 0 radical (unpaired) electrons. The van der Waals surface area contributed by atoms with Crippen LogP contribution in [0.4, 0.5) is 4.39 Å². The van der Waals surface area contributed by atoms with Crippen molar-refractivity contribution in [2.45, 2.75) is 26.5 Å². The van der Waals surface area contributed by atoms with Crippen molar-refractivity contribution in [1.29, 1.82) is 0 Å². The average Bonchev–Trinajstić information content (AvgIpc) is 3.02. The molecule has 2 N–H and O–H groups in total. The molecular weight excluding hydrogens is 341 g/mol. The lowest BCUT2D eigenvalue weighted by Gasteiger charge is -2.21. The number of benzene rings is 1. The monoisotopic (exact) mass is 363 g/mol. The molecule has 1 aliphatic rings. The maximum atomic E-state index is 13.8. The highest BCUT2D eigenvalue weighted by Gasteiger charge is 2.16. The van der Waals surface area contributed by atoms with Crippen LogP contribution < -0.4 is 15.4 Å². The van der Waals surface area contributed by atoms with E-state index >= 15 is 0 Å². The third-order valence-corrected chi connectivity index (χ3v) is 5.07. The van der Waals surface area contributed by atoms with Crippen LogP contribution in [0, 0.1) is 12.7 Å². The Bertz CT molecular complexity index is 761. The van der Waals surface area contributed by atoms with Crippen molar-refractivity contribution in [1.82, 2.24) is 10.6 Å². The number of aliphatic imine (C=N–C) groups is 1. The van der Waals surface area contributed by atoms with E-state index in [1.165, 1.54) is 22.6 Å². The number of hydrogen-bond donors (Lipinski definition) is 2. The Morgan fingerprint density at radius 1 is 1.36 bits per heavy atom. The molecular formula is C18H22FN3O2S. The lowest BCUT2D eigenvalue weighted by Crippen LogP contribution is -2.37. The van der Waals surface area contributed by atoms with Crippen LogP contribution in [0.15, 0.2) is 28.6 Å². The van der Waals surface area contributed by atoms with Gasteiger partial charge in [-0.3, -0.25) is 4.99 Å². The van der Waals surface area contributed by atoms with Gasteiger partial charge in [-0.2, -0.15) is 0 Å². The van der Waals surface area contributed by atoms with Crippen LogP contribution in [0.1, 0.15) is 21.6 Å². The summed E-state index contributed by atoms with van der Waals surface area (Å²) in [6.45, 7) is 4.06. The largest absolute Gasteiger partial charge is 0.467 e. The van der Waals surface area contributed by atoms with Gasteiger partial charge >= 0.3 is 0 Å². The summed E-state index contributed by atoms with van der Waals surface area (Å²) in [5, 5.41) is 8.64. The molecule has 5 nitrogen and oxygen atoms in total. The van der Waals surface area contributed by atoms with E-state index in [1.54, 1.807) is 18.4 Å². The van der Waals surface area contributed by atoms with Gasteiger partial charge < -0.3 is 20.1 Å². The Hall–Kier alpha value is -2.12. The van der Waals surface area contributed by atoms with E-state index in [0.717, 1.165) is 29.4 Å². The van der Waals surface area contributed by atoms with Crippen LogP contribution in [0.3, 0.4) is 0 Å². The predicted octanol–water partition coefficient (Wildman–Crippen LogP) is 2.97. The van der Waals surface area contributed by atoms with Crippen molar-refractivity contribution in [3.05, 3.63) is 51.0 Å². The molecule has 0 saturated heterocycles. The highest BCUT2D eigenvalue weighted by Crippen LogP contribution is 2.29. The van der Waals surface area contributed by atoms with E-state index in [4.69, 9.17) is 9.47 Å². The summed E-state index contributed by atoms with van der Waals surface area (Å²) in [6.07, 6.45) is 0.638. The number of aryl methyl sites for hydroxylation is 1. The minimum Gasteiger partial charge on any atom is -0.467 e.